The van der Waals surface area contributed by atoms with Crippen molar-refractivity contribution in [2.75, 3.05) is 47.0 Å². The van der Waals surface area contributed by atoms with E-state index in [0.717, 1.165) is 53.0 Å². The number of nitrogens with zero attached hydrogens (tertiary/aromatic N) is 3. The lowest BCUT2D eigenvalue weighted by atomic mass is 10.1. The maximum absolute atomic E-state index is 13.1. The van der Waals surface area contributed by atoms with Crippen LogP contribution in [0.25, 0.3) is 10.6 Å². The second kappa shape index (κ2) is 11.5. The van der Waals surface area contributed by atoms with E-state index in [0.29, 0.717) is 31.9 Å². The van der Waals surface area contributed by atoms with E-state index < -0.39 is 0 Å². The number of amides is 1. The highest BCUT2D eigenvalue weighted by Crippen LogP contribution is 2.27. The van der Waals surface area contributed by atoms with Gasteiger partial charge >= 0.3 is 0 Å². The molecule has 3 aromatic rings. The van der Waals surface area contributed by atoms with E-state index in [1.807, 2.05) is 54.3 Å². The third kappa shape index (κ3) is 5.75. The summed E-state index contributed by atoms with van der Waals surface area (Å²) in [5.41, 5.74) is 3.72. The molecule has 7 nitrogen and oxygen atoms in total. The van der Waals surface area contributed by atoms with Gasteiger partial charge in [0.25, 0.3) is 5.91 Å². The molecule has 1 fully saturated rings. The van der Waals surface area contributed by atoms with Gasteiger partial charge in [-0.25, -0.2) is 4.98 Å². The van der Waals surface area contributed by atoms with Crippen molar-refractivity contribution in [3.8, 4) is 22.1 Å². The van der Waals surface area contributed by atoms with Crippen LogP contribution in [0.2, 0.25) is 0 Å². The van der Waals surface area contributed by atoms with Crippen LogP contribution in [0.15, 0.2) is 47.8 Å². The monoisotopic (exact) mass is 481 g/mol. The molecule has 0 N–H and O–H groups in total. The Morgan fingerprint density at radius 1 is 1.03 bits per heavy atom. The third-order valence-corrected chi connectivity index (χ3v) is 6.86. The lowest BCUT2D eigenvalue weighted by molar-refractivity contribution is 0.0627. The molecule has 0 saturated carbocycles. The minimum Gasteiger partial charge on any atom is -0.497 e. The molecule has 1 saturated heterocycles. The summed E-state index contributed by atoms with van der Waals surface area (Å²) in [5.74, 6) is 1.63. The summed E-state index contributed by atoms with van der Waals surface area (Å²) in [4.78, 5) is 22.2. The van der Waals surface area contributed by atoms with Gasteiger partial charge in [0.1, 0.15) is 16.5 Å². The number of thiazole rings is 1. The highest BCUT2D eigenvalue weighted by atomic mass is 32.1. The van der Waals surface area contributed by atoms with Gasteiger partial charge in [-0.15, -0.1) is 11.3 Å². The molecule has 0 aliphatic carbocycles. The molecule has 2 heterocycles. The number of hydrogen-bond acceptors (Lipinski definition) is 7. The molecule has 8 heteroatoms. The Balaban J connectivity index is 1.33. The molecule has 1 aromatic heterocycles. The van der Waals surface area contributed by atoms with Crippen LogP contribution in [-0.4, -0.2) is 67.7 Å². The first-order valence-electron chi connectivity index (χ1n) is 11.5. The summed E-state index contributed by atoms with van der Waals surface area (Å²) in [7, 11) is 3.30. The van der Waals surface area contributed by atoms with Gasteiger partial charge in [-0.2, -0.15) is 0 Å². The summed E-state index contributed by atoms with van der Waals surface area (Å²) < 4.78 is 16.2. The molecule has 0 bridgehead atoms. The van der Waals surface area contributed by atoms with Crippen molar-refractivity contribution >= 4 is 17.2 Å². The summed E-state index contributed by atoms with van der Waals surface area (Å²) >= 11 is 1.65. The Morgan fingerprint density at radius 3 is 2.47 bits per heavy atom. The first kappa shape index (κ1) is 24.2. The fourth-order valence-electron chi connectivity index (χ4n) is 4.00. The van der Waals surface area contributed by atoms with Crippen molar-refractivity contribution in [2.45, 2.75) is 20.1 Å². The average molecular weight is 482 g/mol. The van der Waals surface area contributed by atoms with E-state index >= 15 is 0 Å². The topological polar surface area (TPSA) is 64.1 Å². The maximum atomic E-state index is 13.1. The van der Waals surface area contributed by atoms with Gasteiger partial charge in [-0.05, 0) is 49.4 Å². The Kier molecular flexibility index (Phi) is 8.16. The van der Waals surface area contributed by atoms with Crippen molar-refractivity contribution < 1.29 is 19.0 Å². The molecule has 0 unspecified atom stereocenters. The van der Waals surface area contributed by atoms with E-state index in [2.05, 4.69) is 10.3 Å². The molecular formula is C26H31N3O4S. The zero-order valence-corrected chi connectivity index (χ0v) is 20.8. The van der Waals surface area contributed by atoms with Crippen molar-refractivity contribution in [3.05, 3.63) is 64.7 Å². The van der Waals surface area contributed by atoms with Crippen LogP contribution in [-0.2, 0) is 17.9 Å². The largest absolute Gasteiger partial charge is 0.497 e. The van der Waals surface area contributed by atoms with Gasteiger partial charge in [0.2, 0.25) is 0 Å². The average Bonchev–Trinajstić information content (AvgIpc) is 3.35. The summed E-state index contributed by atoms with van der Waals surface area (Å²) in [5, 5.41) is 3.13. The molecule has 34 heavy (non-hydrogen) atoms. The Hall–Kier alpha value is -2.94. The summed E-state index contributed by atoms with van der Waals surface area (Å²) in [6.07, 6.45) is 0. The number of aromatic nitrogens is 1. The number of benzene rings is 2. The molecule has 1 aliphatic heterocycles. The Bertz CT molecular complexity index is 1090. The molecular weight excluding hydrogens is 450 g/mol. The second-order valence-electron chi connectivity index (χ2n) is 8.10. The molecule has 0 atom stereocenters. The minimum atomic E-state index is 0.0514. The van der Waals surface area contributed by atoms with Gasteiger partial charge in [0.15, 0.2) is 0 Å². The number of carbonyl (C=O) groups excluding carboxylic acids is 1. The predicted octanol–water partition coefficient (Wildman–Crippen LogP) is 4.32. The predicted molar refractivity (Wildman–Crippen MR) is 134 cm³/mol. The van der Waals surface area contributed by atoms with Gasteiger partial charge < -0.3 is 19.1 Å². The molecule has 1 aliphatic rings. The number of ether oxygens (including phenoxy) is 3. The molecule has 1 amide bonds. The first-order chi connectivity index (χ1) is 16.6. The van der Waals surface area contributed by atoms with E-state index in [4.69, 9.17) is 19.2 Å². The van der Waals surface area contributed by atoms with Crippen LogP contribution in [0.1, 0.15) is 28.5 Å². The minimum absolute atomic E-state index is 0.0514. The lowest BCUT2D eigenvalue weighted by Crippen LogP contribution is -2.48. The van der Waals surface area contributed by atoms with Gasteiger partial charge in [-0.3, -0.25) is 9.69 Å². The molecule has 4 rings (SSSR count). The summed E-state index contributed by atoms with van der Waals surface area (Å²) in [6, 6.07) is 13.5. The molecule has 0 spiro atoms. The second-order valence-corrected chi connectivity index (χ2v) is 8.96. The van der Waals surface area contributed by atoms with Gasteiger partial charge in [0.05, 0.1) is 26.5 Å². The van der Waals surface area contributed by atoms with Crippen LogP contribution >= 0.6 is 11.3 Å². The smallest absolute Gasteiger partial charge is 0.253 e. The number of carbonyl (C=O) groups is 1. The number of methoxy groups -OCH3 is 2. The van der Waals surface area contributed by atoms with E-state index in [-0.39, 0.29) is 5.91 Å². The zero-order chi connectivity index (χ0) is 23.9. The Labute approximate surface area is 204 Å². The fourth-order valence-corrected chi connectivity index (χ4v) is 4.82. The summed E-state index contributed by atoms with van der Waals surface area (Å²) in [6.45, 7) is 6.82. The van der Waals surface area contributed by atoms with E-state index in [1.165, 1.54) is 0 Å². The molecule has 2 aromatic carbocycles. The van der Waals surface area contributed by atoms with Crippen LogP contribution < -0.4 is 9.47 Å². The first-order valence-corrected chi connectivity index (χ1v) is 12.3. The quantitative estimate of drug-likeness (QED) is 0.454. The maximum Gasteiger partial charge on any atom is 0.253 e. The van der Waals surface area contributed by atoms with Crippen LogP contribution in [0.4, 0.5) is 0 Å². The van der Waals surface area contributed by atoms with Crippen LogP contribution in [0.5, 0.6) is 11.5 Å². The van der Waals surface area contributed by atoms with Crippen molar-refractivity contribution in [1.82, 2.24) is 14.8 Å². The zero-order valence-electron chi connectivity index (χ0n) is 20.0. The van der Waals surface area contributed by atoms with E-state index in [1.54, 1.807) is 25.6 Å². The van der Waals surface area contributed by atoms with Crippen LogP contribution in [0, 0.1) is 0 Å². The third-order valence-electron chi connectivity index (χ3n) is 5.92. The molecule has 180 valence electrons. The SMILES string of the molecule is CCOCc1cc(C(=O)N2CCN(Cc3csc(-c4ccc(OC)cc4)n3)CC2)ccc1OC. The van der Waals surface area contributed by atoms with Crippen molar-refractivity contribution in [3.63, 3.8) is 0 Å². The highest BCUT2D eigenvalue weighted by molar-refractivity contribution is 7.13. The number of piperazine rings is 1. The van der Waals surface area contributed by atoms with Crippen molar-refractivity contribution in [1.29, 1.82) is 0 Å². The highest BCUT2D eigenvalue weighted by Gasteiger charge is 2.23. The van der Waals surface area contributed by atoms with Gasteiger partial charge in [0, 0.05) is 61.4 Å². The number of rotatable bonds is 9. The molecule has 0 radical (unpaired) electrons. The normalized spacial score (nSPS) is 14.3. The van der Waals surface area contributed by atoms with Crippen molar-refractivity contribution in [2.24, 2.45) is 0 Å². The standard InChI is InChI=1S/C26H31N3O4S/c1-4-33-17-21-15-20(7-10-24(21)32-3)26(30)29-13-11-28(12-14-29)16-22-18-34-25(27-22)19-5-8-23(31-2)9-6-19/h5-10,15,18H,4,11-14,16-17H2,1-3H3. The van der Waals surface area contributed by atoms with E-state index in [9.17, 15) is 4.79 Å². The lowest BCUT2D eigenvalue weighted by Gasteiger charge is -2.34. The van der Waals surface area contributed by atoms with Gasteiger partial charge in [-0.1, -0.05) is 0 Å². The number of hydrogen-bond donors (Lipinski definition) is 0. The fraction of sp³-hybridized carbons (Fsp3) is 0.385. The Morgan fingerprint density at radius 2 is 1.79 bits per heavy atom. The van der Waals surface area contributed by atoms with Crippen LogP contribution in [0.3, 0.4) is 0 Å².